The predicted octanol–water partition coefficient (Wildman–Crippen LogP) is 1.67. The summed E-state index contributed by atoms with van der Waals surface area (Å²) in [7, 11) is 0. The van der Waals surface area contributed by atoms with Gasteiger partial charge in [-0.05, 0) is 24.4 Å². The number of hydrazone groups is 1. The second-order valence-corrected chi connectivity index (χ2v) is 3.98. The highest BCUT2D eigenvalue weighted by molar-refractivity contribution is 7.80. The molecule has 0 atom stereocenters. The van der Waals surface area contributed by atoms with Gasteiger partial charge in [-0.2, -0.15) is 5.10 Å². The predicted molar refractivity (Wildman–Crippen MR) is 76.2 cm³/mol. The van der Waals surface area contributed by atoms with Gasteiger partial charge in [0.25, 0.3) is 0 Å². The van der Waals surface area contributed by atoms with Crippen LogP contribution >= 0.6 is 12.2 Å². The number of hydrogen-bond donors (Lipinski definition) is 2. The van der Waals surface area contributed by atoms with Gasteiger partial charge in [0, 0.05) is 23.5 Å². The molecule has 18 heavy (non-hydrogen) atoms. The summed E-state index contributed by atoms with van der Waals surface area (Å²) in [4.78, 5) is 4.09. The third-order valence-electron chi connectivity index (χ3n) is 2.26. The number of aromatic nitrogens is 1. The van der Waals surface area contributed by atoms with Crippen LogP contribution in [0.3, 0.4) is 0 Å². The minimum atomic E-state index is 0.132. The Balaban J connectivity index is 2.42. The van der Waals surface area contributed by atoms with Crippen molar-refractivity contribution >= 4 is 23.0 Å². The Morgan fingerprint density at radius 2 is 1.83 bits per heavy atom. The van der Waals surface area contributed by atoms with Crippen LogP contribution in [0.5, 0.6) is 0 Å². The maximum Gasteiger partial charge on any atom is 0.184 e. The molecule has 5 heteroatoms. The minimum absolute atomic E-state index is 0.132. The average molecular weight is 256 g/mol. The van der Waals surface area contributed by atoms with Gasteiger partial charge in [-0.3, -0.25) is 10.4 Å². The molecular weight excluding hydrogens is 244 g/mol. The van der Waals surface area contributed by atoms with Crippen molar-refractivity contribution in [1.29, 1.82) is 0 Å². The zero-order valence-corrected chi connectivity index (χ0v) is 10.4. The first-order valence-electron chi connectivity index (χ1n) is 5.36. The van der Waals surface area contributed by atoms with Crippen molar-refractivity contribution in [3.63, 3.8) is 0 Å². The van der Waals surface area contributed by atoms with Crippen molar-refractivity contribution in [2.75, 3.05) is 0 Å². The fraction of sp³-hybridized carbons (Fsp3) is 0. The molecule has 0 saturated carbocycles. The molecule has 0 unspecified atom stereocenters. The van der Waals surface area contributed by atoms with Gasteiger partial charge in [0.15, 0.2) is 5.11 Å². The zero-order valence-electron chi connectivity index (χ0n) is 9.58. The summed E-state index contributed by atoms with van der Waals surface area (Å²) in [6, 6.07) is 13.6. The molecule has 0 spiro atoms. The summed E-state index contributed by atoms with van der Waals surface area (Å²) in [6.45, 7) is 0. The Morgan fingerprint density at radius 1 is 1.11 bits per heavy atom. The summed E-state index contributed by atoms with van der Waals surface area (Å²) in [6.07, 6.45) is 3.46. The van der Waals surface area contributed by atoms with Crippen LogP contribution in [-0.2, 0) is 0 Å². The Kier molecular flexibility index (Phi) is 3.98. The lowest BCUT2D eigenvalue weighted by Crippen LogP contribution is -2.26. The summed E-state index contributed by atoms with van der Waals surface area (Å²) < 4.78 is 0. The topological polar surface area (TPSA) is 63.3 Å². The van der Waals surface area contributed by atoms with E-state index in [4.69, 9.17) is 18.0 Å². The van der Waals surface area contributed by atoms with Gasteiger partial charge in [0.1, 0.15) is 0 Å². The van der Waals surface area contributed by atoms with Gasteiger partial charge in [0.2, 0.25) is 0 Å². The Morgan fingerprint density at radius 3 is 2.44 bits per heavy atom. The molecule has 1 aromatic carbocycles. The van der Waals surface area contributed by atoms with Crippen LogP contribution in [0.25, 0.3) is 0 Å². The quantitative estimate of drug-likeness (QED) is 0.498. The highest BCUT2D eigenvalue weighted by atomic mass is 32.1. The number of thiocarbonyl (C=S) groups is 1. The molecule has 0 saturated heterocycles. The van der Waals surface area contributed by atoms with Gasteiger partial charge in [-0.1, -0.05) is 30.3 Å². The molecular formula is C13H12N4S. The van der Waals surface area contributed by atoms with Crippen LogP contribution in [0.1, 0.15) is 11.1 Å². The van der Waals surface area contributed by atoms with E-state index in [1.165, 1.54) is 0 Å². The van der Waals surface area contributed by atoms with Crippen LogP contribution in [0.4, 0.5) is 0 Å². The lowest BCUT2D eigenvalue weighted by atomic mass is 10.0. The molecule has 0 radical (unpaired) electrons. The monoisotopic (exact) mass is 256 g/mol. The van der Waals surface area contributed by atoms with E-state index in [2.05, 4.69) is 15.5 Å². The van der Waals surface area contributed by atoms with E-state index < -0.39 is 0 Å². The van der Waals surface area contributed by atoms with E-state index in [1.807, 2.05) is 42.5 Å². The normalized spacial score (nSPS) is 11.0. The highest BCUT2D eigenvalue weighted by Crippen LogP contribution is 2.09. The summed E-state index contributed by atoms with van der Waals surface area (Å²) in [5.74, 6) is 0. The van der Waals surface area contributed by atoms with E-state index in [1.54, 1.807) is 12.4 Å². The maximum atomic E-state index is 5.39. The molecule has 0 fully saturated rings. The Hall–Kier alpha value is -2.27. The smallest absolute Gasteiger partial charge is 0.184 e. The van der Waals surface area contributed by atoms with Gasteiger partial charge in [-0.15, -0.1) is 0 Å². The standard InChI is InChI=1S/C13H12N4S/c14-13(18)17-16-12(10-5-2-1-3-6-10)11-7-4-8-15-9-11/h1-9H,(H3,14,17,18)/b16-12-. The van der Waals surface area contributed by atoms with Gasteiger partial charge >= 0.3 is 0 Å². The molecule has 0 amide bonds. The van der Waals surface area contributed by atoms with Gasteiger partial charge in [-0.25, -0.2) is 0 Å². The maximum absolute atomic E-state index is 5.39. The van der Waals surface area contributed by atoms with E-state index in [0.29, 0.717) is 0 Å². The molecule has 2 rings (SSSR count). The van der Waals surface area contributed by atoms with Crippen molar-refractivity contribution in [3.05, 3.63) is 66.0 Å². The summed E-state index contributed by atoms with van der Waals surface area (Å²) >= 11 is 4.76. The highest BCUT2D eigenvalue weighted by Gasteiger charge is 2.06. The second-order valence-electron chi connectivity index (χ2n) is 3.54. The average Bonchev–Trinajstić information content (AvgIpc) is 2.41. The zero-order chi connectivity index (χ0) is 12.8. The molecule has 2 aromatic rings. The number of nitrogens with zero attached hydrogens (tertiary/aromatic N) is 2. The lowest BCUT2D eigenvalue weighted by Gasteiger charge is -2.07. The number of rotatable bonds is 3. The SMILES string of the molecule is NC(=S)N/N=C(/c1ccccc1)c1cccnc1. The molecule has 1 aromatic heterocycles. The van der Waals surface area contributed by atoms with Crippen LogP contribution in [0.2, 0.25) is 0 Å². The number of pyridine rings is 1. The number of nitrogens with one attached hydrogen (secondary N) is 1. The van der Waals surface area contributed by atoms with E-state index in [-0.39, 0.29) is 5.11 Å². The Bertz CT molecular complexity index is 510. The summed E-state index contributed by atoms with van der Waals surface area (Å²) in [5.41, 5.74) is 10.6. The first kappa shape index (κ1) is 12.2. The van der Waals surface area contributed by atoms with Crippen LogP contribution in [0, 0.1) is 0 Å². The first-order chi connectivity index (χ1) is 8.77. The van der Waals surface area contributed by atoms with Crippen LogP contribution < -0.4 is 11.2 Å². The van der Waals surface area contributed by atoms with Crippen molar-refractivity contribution < 1.29 is 0 Å². The van der Waals surface area contributed by atoms with Crippen molar-refractivity contribution in [2.45, 2.75) is 0 Å². The molecule has 3 N–H and O–H groups in total. The van der Waals surface area contributed by atoms with Crippen LogP contribution in [0.15, 0.2) is 60.0 Å². The number of nitrogens with two attached hydrogens (primary N) is 1. The molecule has 0 aliphatic carbocycles. The van der Waals surface area contributed by atoms with Crippen molar-refractivity contribution in [2.24, 2.45) is 10.8 Å². The molecule has 0 bridgehead atoms. The Labute approximate surface area is 111 Å². The van der Waals surface area contributed by atoms with E-state index in [9.17, 15) is 0 Å². The van der Waals surface area contributed by atoms with Crippen molar-refractivity contribution in [3.8, 4) is 0 Å². The molecule has 4 nitrogen and oxygen atoms in total. The largest absolute Gasteiger partial charge is 0.375 e. The minimum Gasteiger partial charge on any atom is -0.375 e. The third-order valence-corrected chi connectivity index (χ3v) is 2.35. The fourth-order valence-electron chi connectivity index (χ4n) is 1.51. The van der Waals surface area contributed by atoms with E-state index >= 15 is 0 Å². The van der Waals surface area contributed by atoms with Gasteiger partial charge in [0.05, 0.1) is 5.71 Å². The molecule has 0 aliphatic heterocycles. The van der Waals surface area contributed by atoms with Gasteiger partial charge < -0.3 is 5.73 Å². The second kappa shape index (κ2) is 5.88. The van der Waals surface area contributed by atoms with E-state index in [0.717, 1.165) is 16.8 Å². The molecule has 90 valence electrons. The third kappa shape index (κ3) is 3.11. The fourth-order valence-corrected chi connectivity index (χ4v) is 1.55. The van der Waals surface area contributed by atoms with Crippen LogP contribution in [-0.4, -0.2) is 15.8 Å². The molecule has 0 aliphatic rings. The number of hydrogen-bond acceptors (Lipinski definition) is 3. The number of benzene rings is 1. The lowest BCUT2D eigenvalue weighted by molar-refractivity contribution is 1.03. The van der Waals surface area contributed by atoms with Crippen molar-refractivity contribution in [1.82, 2.24) is 10.4 Å². The molecule has 1 heterocycles. The summed E-state index contributed by atoms with van der Waals surface area (Å²) in [5, 5.41) is 4.36. The first-order valence-corrected chi connectivity index (χ1v) is 5.77.